The Bertz CT molecular complexity index is 299. The van der Waals surface area contributed by atoms with Gasteiger partial charge in [0.05, 0.1) is 0 Å². The van der Waals surface area contributed by atoms with Crippen LogP contribution in [-0.4, -0.2) is 16.9 Å². The van der Waals surface area contributed by atoms with Crippen molar-refractivity contribution >= 4 is 17.8 Å². The van der Waals surface area contributed by atoms with E-state index in [9.17, 15) is 0 Å². The molecule has 1 nitrogen and oxygen atoms in total. The Hall–Kier alpha value is 0.190. The van der Waals surface area contributed by atoms with E-state index in [0.29, 0.717) is 11.3 Å². The number of hydrogen-bond donors (Lipinski definition) is 1. The topological polar surface area (TPSA) is 12.0 Å². The van der Waals surface area contributed by atoms with E-state index in [4.69, 9.17) is 11.8 Å². The highest BCUT2D eigenvalue weighted by atomic mass is 32.4. The van der Waals surface area contributed by atoms with Gasteiger partial charge in [-0.25, -0.2) is 0 Å². The number of nitrogens with one attached hydrogen (secondary N) is 1. The number of hydrogen-bond acceptors (Lipinski definition) is 2. The Morgan fingerprint density at radius 3 is 1.82 bits per heavy atom. The molecule has 0 atom stereocenters. The van der Waals surface area contributed by atoms with E-state index >= 15 is 0 Å². The van der Waals surface area contributed by atoms with Crippen LogP contribution in [0, 0.1) is 0 Å². The number of rotatable bonds is 5. The Labute approximate surface area is 113 Å². The zero-order valence-electron chi connectivity index (χ0n) is 12.8. The predicted molar refractivity (Wildman–Crippen MR) is 85.8 cm³/mol. The van der Waals surface area contributed by atoms with Gasteiger partial charge in [-0.1, -0.05) is 46.4 Å². The average molecular weight is 275 g/mol. The van der Waals surface area contributed by atoms with Crippen LogP contribution in [0.2, 0.25) is 0 Å². The highest BCUT2D eigenvalue weighted by molar-refractivity contribution is 8.17. The van der Waals surface area contributed by atoms with Gasteiger partial charge in [0.15, 0.2) is 0 Å². The van der Waals surface area contributed by atoms with Crippen molar-refractivity contribution in [3.63, 3.8) is 0 Å². The lowest BCUT2D eigenvalue weighted by Crippen LogP contribution is -2.31. The predicted octanol–water partition coefficient (Wildman–Crippen LogP) is 4.92. The first-order valence-electron chi connectivity index (χ1n) is 6.62. The lowest BCUT2D eigenvalue weighted by Gasteiger charge is -2.33. The van der Waals surface area contributed by atoms with Crippen molar-refractivity contribution < 1.29 is 0 Å². The summed E-state index contributed by atoms with van der Waals surface area (Å²) >= 11 is 6.06. The molecule has 0 aromatic carbocycles. The van der Waals surface area contributed by atoms with Crippen LogP contribution in [0.5, 0.6) is 0 Å². The molecular weight excluding hydrogens is 245 g/mol. The van der Waals surface area contributed by atoms with Crippen molar-refractivity contribution in [1.29, 1.82) is 0 Å². The molecule has 0 heterocycles. The first kappa shape index (κ1) is 17.2. The van der Waals surface area contributed by atoms with Gasteiger partial charge >= 0.3 is 0 Å². The largest absolute Gasteiger partial charge is 0.386 e. The van der Waals surface area contributed by atoms with Crippen LogP contribution in [0.4, 0.5) is 0 Å². The molecule has 0 aromatic heterocycles. The molecule has 0 spiro atoms. The molecular formula is C14H30NPS. The second kappa shape index (κ2) is 6.38. The summed E-state index contributed by atoms with van der Waals surface area (Å²) in [5, 5.41) is 4.95. The average Bonchev–Trinajstić information content (AvgIpc) is 2.15. The van der Waals surface area contributed by atoms with Crippen LogP contribution < -0.4 is 5.32 Å². The van der Waals surface area contributed by atoms with Crippen molar-refractivity contribution in [3.05, 3.63) is 11.5 Å². The molecule has 102 valence electrons. The van der Waals surface area contributed by atoms with E-state index < -0.39 is 6.04 Å². The lowest BCUT2D eigenvalue weighted by atomic mass is 10.1. The van der Waals surface area contributed by atoms with Crippen LogP contribution in [-0.2, 0) is 11.8 Å². The Kier molecular flexibility index (Phi) is 6.46. The van der Waals surface area contributed by atoms with E-state index in [-0.39, 0.29) is 5.54 Å². The smallest absolute Gasteiger partial charge is 0.0284 e. The highest BCUT2D eigenvalue weighted by Crippen LogP contribution is 2.62. The van der Waals surface area contributed by atoms with Gasteiger partial charge in [0.2, 0.25) is 0 Å². The molecule has 0 rings (SSSR count). The molecule has 1 N–H and O–H groups in total. The molecule has 0 aliphatic rings. The van der Waals surface area contributed by atoms with Crippen LogP contribution in [0.3, 0.4) is 0 Å². The third kappa shape index (κ3) is 4.75. The van der Waals surface area contributed by atoms with Crippen LogP contribution >= 0.6 is 6.04 Å². The standard InChI is InChI=1S/C14H30NPS/c1-9-13(10-15-14(6,7)8)16(17,11(2)3)12(4)5/h10-12,15H,9H2,1-8H3/b13-10+. The molecule has 17 heavy (non-hydrogen) atoms. The van der Waals surface area contributed by atoms with Crippen LogP contribution in [0.15, 0.2) is 11.5 Å². The van der Waals surface area contributed by atoms with E-state index in [1.54, 1.807) is 0 Å². The Morgan fingerprint density at radius 1 is 1.18 bits per heavy atom. The first-order valence-corrected chi connectivity index (χ1v) is 9.56. The van der Waals surface area contributed by atoms with Gasteiger partial charge in [-0.3, -0.25) is 0 Å². The van der Waals surface area contributed by atoms with Crippen molar-refractivity contribution in [2.45, 2.75) is 78.7 Å². The molecule has 0 saturated carbocycles. The van der Waals surface area contributed by atoms with E-state index in [1.165, 1.54) is 5.31 Å². The molecule has 0 unspecified atom stereocenters. The fourth-order valence-corrected chi connectivity index (χ4v) is 5.83. The Morgan fingerprint density at radius 2 is 1.59 bits per heavy atom. The summed E-state index contributed by atoms with van der Waals surface area (Å²) in [5.74, 6) is 0. The van der Waals surface area contributed by atoms with Crippen molar-refractivity contribution in [3.8, 4) is 0 Å². The minimum atomic E-state index is -1.43. The quantitative estimate of drug-likeness (QED) is 0.715. The zero-order chi connectivity index (χ0) is 13.9. The molecule has 0 bridgehead atoms. The fraction of sp³-hybridized carbons (Fsp3) is 0.857. The van der Waals surface area contributed by atoms with E-state index in [0.717, 1.165) is 6.42 Å². The minimum absolute atomic E-state index is 0.120. The van der Waals surface area contributed by atoms with E-state index in [2.05, 4.69) is 66.9 Å². The summed E-state index contributed by atoms with van der Waals surface area (Å²) in [5.41, 5.74) is 1.30. The van der Waals surface area contributed by atoms with Gasteiger partial charge in [-0.05, 0) is 49.9 Å². The molecule has 3 heteroatoms. The molecule has 0 aliphatic carbocycles. The summed E-state index contributed by atoms with van der Waals surface area (Å²) < 4.78 is 0. The van der Waals surface area contributed by atoms with Gasteiger partial charge in [0.1, 0.15) is 0 Å². The highest BCUT2D eigenvalue weighted by Gasteiger charge is 2.28. The van der Waals surface area contributed by atoms with Crippen molar-refractivity contribution in [2.75, 3.05) is 0 Å². The second-order valence-corrected chi connectivity index (χ2v) is 12.2. The molecule has 0 aromatic rings. The second-order valence-electron chi connectivity index (χ2n) is 6.28. The Balaban J connectivity index is 5.28. The molecule has 0 aliphatic heterocycles. The summed E-state index contributed by atoms with van der Waals surface area (Å²) in [4.78, 5) is 0. The third-order valence-electron chi connectivity index (χ3n) is 3.02. The molecule has 0 radical (unpaired) electrons. The monoisotopic (exact) mass is 275 g/mol. The first-order chi connectivity index (χ1) is 7.55. The lowest BCUT2D eigenvalue weighted by molar-refractivity contribution is 0.490. The maximum atomic E-state index is 6.06. The van der Waals surface area contributed by atoms with Gasteiger partial charge < -0.3 is 5.32 Å². The maximum Gasteiger partial charge on any atom is 0.0284 e. The van der Waals surface area contributed by atoms with E-state index in [1.807, 2.05) is 0 Å². The van der Waals surface area contributed by atoms with Gasteiger partial charge in [0.25, 0.3) is 0 Å². The SMILES string of the molecule is CC/C(=C\NC(C)(C)C)P(=S)(C(C)C)C(C)C. The summed E-state index contributed by atoms with van der Waals surface area (Å²) in [7, 11) is 0. The van der Waals surface area contributed by atoms with Crippen LogP contribution in [0.25, 0.3) is 0 Å². The third-order valence-corrected chi connectivity index (χ3v) is 10.7. The summed E-state index contributed by atoms with van der Waals surface area (Å²) in [6.07, 6.45) is 3.28. The maximum absolute atomic E-state index is 6.06. The molecule has 0 fully saturated rings. The van der Waals surface area contributed by atoms with Crippen LogP contribution in [0.1, 0.15) is 61.8 Å². The van der Waals surface area contributed by atoms with Crippen molar-refractivity contribution in [1.82, 2.24) is 5.32 Å². The zero-order valence-corrected chi connectivity index (χ0v) is 14.5. The number of allylic oxidation sites excluding steroid dienone is 1. The fourth-order valence-electron chi connectivity index (χ4n) is 2.01. The van der Waals surface area contributed by atoms with Gasteiger partial charge in [0, 0.05) is 11.7 Å². The normalized spacial score (nSPS) is 14.6. The summed E-state index contributed by atoms with van der Waals surface area (Å²) in [6, 6.07) is -1.43. The summed E-state index contributed by atoms with van der Waals surface area (Å²) in [6.45, 7) is 17.9. The van der Waals surface area contributed by atoms with Crippen molar-refractivity contribution in [2.24, 2.45) is 0 Å². The minimum Gasteiger partial charge on any atom is -0.386 e. The van der Waals surface area contributed by atoms with Gasteiger partial charge in [-0.15, -0.1) is 0 Å². The molecule has 0 saturated heterocycles. The van der Waals surface area contributed by atoms with Gasteiger partial charge in [-0.2, -0.15) is 0 Å². The molecule has 0 amide bonds.